The molecule has 0 saturated carbocycles. The molecule has 1 aliphatic rings. The van der Waals surface area contributed by atoms with Crippen molar-refractivity contribution in [3.63, 3.8) is 0 Å². The summed E-state index contributed by atoms with van der Waals surface area (Å²) in [5.74, 6) is 0. The summed E-state index contributed by atoms with van der Waals surface area (Å²) in [5.41, 5.74) is 0. The van der Waals surface area contributed by atoms with Crippen LogP contribution in [0.5, 0.6) is 0 Å². The lowest BCUT2D eigenvalue weighted by Crippen LogP contribution is -2.57. The second-order valence-electron chi connectivity index (χ2n) is 3.12. The van der Waals surface area contributed by atoms with Gasteiger partial charge in [-0.1, -0.05) is 0 Å². The number of ether oxygens (including phenoxy) is 3. The summed E-state index contributed by atoms with van der Waals surface area (Å²) in [7, 11) is 2.90. The molecular formula is C8H16O5. The fourth-order valence-corrected chi connectivity index (χ4v) is 1.53. The van der Waals surface area contributed by atoms with E-state index in [0.717, 1.165) is 0 Å². The molecule has 0 aliphatic carbocycles. The summed E-state index contributed by atoms with van der Waals surface area (Å²) in [6, 6.07) is 0. The summed E-state index contributed by atoms with van der Waals surface area (Å²) < 4.78 is 15.0. The Kier molecular flexibility index (Phi) is 3.63. The molecule has 1 heterocycles. The molecule has 0 aromatic heterocycles. The minimum absolute atomic E-state index is 0.452. The highest BCUT2D eigenvalue weighted by atomic mass is 16.7. The van der Waals surface area contributed by atoms with Gasteiger partial charge >= 0.3 is 0 Å². The first-order valence-electron chi connectivity index (χ1n) is 4.19. The van der Waals surface area contributed by atoms with Crippen molar-refractivity contribution in [2.75, 3.05) is 14.2 Å². The van der Waals surface area contributed by atoms with Gasteiger partial charge in [0.1, 0.15) is 18.3 Å². The summed E-state index contributed by atoms with van der Waals surface area (Å²) in [4.78, 5) is 0. The van der Waals surface area contributed by atoms with E-state index in [0.29, 0.717) is 0 Å². The zero-order valence-electron chi connectivity index (χ0n) is 8.01. The van der Waals surface area contributed by atoms with Crippen LogP contribution < -0.4 is 0 Å². The second kappa shape index (κ2) is 4.34. The van der Waals surface area contributed by atoms with Gasteiger partial charge in [0, 0.05) is 14.2 Å². The zero-order valence-corrected chi connectivity index (χ0v) is 8.01. The van der Waals surface area contributed by atoms with Crippen LogP contribution in [-0.2, 0) is 14.2 Å². The van der Waals surface area contributed by atoms with E-state index in [9.17, 15) is 10.2 Å². The lowest BCUT2D eigenvalue weighted by molar-refractivity contribution is -0.287. The van der Waals surface area contributed by atoms with Gasteiger partial charge in [-0.3, -0.25) is 0 Å². The third-order valence-electron chi connectivity index (χ3n) is 2.32. The predicted octanol–water partition coefficient (Wildman–Crippen LogP) is -0.886. The maximum absolute atomic E-state index is 9.62. The smallest absolute Gasteiger partial charge is 0.184 e. The Hall–Kier alpha value is -0.200. The van der Waals surface area contributed by atoms with Crippen molar-refractivity contribution < 1.29 is 24.4 Å². The molecule has 78 valence electrons. The standard InChI is InChI=1S/C8H16O5/c1-4-5(9)6(11-2)7(12-3)8(10)13-4/h4-10H,1-3H3. The van der Waals surface area contributed by atoms with Gasteiger partial charge in [0.15, 0.2) is 6.29 Å². The third kappa shape index (κ3) is 2.00. The molecule has 5 heteroatoms. The molecule has 1 rings (SSSR count). The quantitative estimate of drug-likeness (QED) is 0.594. The molecule has 0 aromatic carbocycles. The molecule has 1 saturated heterocycles. The molecule has 13 heavy (non-hydrogen) atoms. The van der Waals surface area contributed by atoms with Gasteiger partial charge in [-0.25, -0.2) is 0 Å². The maximum atomic E-state index is 9.62. The van der Waals surface area contributed by atoms with Gasteiger partial charge < -0.3 is 24.4 Å². The van der Waals surface area contributed by atoms with E-state index in [2.05, 4.69) is 0 Å². The molecule has 0 amide bonds. The Morgan fingerprint density at radius 2 is 1.62 bits per heavy atom. The average Bonchev–Trinajstić information content (AvgIpc) is 2.10. The van der Waals surface area contributed by atoms with Crippen LogP contribution >= 0.6 is 0 Å². The van der Waals surface area contributed by atoms with Gasteiger partial charge in [-0.2, -0.15) is 0 Å². The number of methoxy groups -OCH3 is 2. The molecule has 0 radical (unpaired) electrons. The first-order chi connectivity index (χ1) is 6.11. The Labute approximate surface area is 77.2 Å². The summed E-state index contributed by atoms with van der Waals surface area (Å²) in [5, 5.41) is 19.0. The minimum atomic E-state index is -1.05. The zero-order chi connectivity index (χ0) is 10.0. The molecule has 0 spiro atoms. The Morgan fingerprint density at radius 1 is 1.08 bits per heavy atom. The number of rotatable bonds is 2. The Morgan fingerprint density at radius 3 is 2.08 bits per heavy atom. The van der Waals surface area contributed by atoms with Crippen LogP contribution in [0.25, 0.3) is 0 Å². The number of hydrogen-bond donors (Lipinski definition) is 2. The molecule has 1 aliphatic heterocycles. The fourth-order valence-electron chi connectivity index (χ4n) is 1.53. The lowest BCUT2D eigenvalue weighted by atomic mass is 10.00. The largest absolute Gasteiger partial charge is 0.388 e. The highest BCUT2D eigenvalue weighted by molar-refractivity contribution is 4.88. The first kappa shape index (κ1) is 10.9. The molecule has 5 nitrogen and oxygen atoms in total. The van der Waals surface area contributed by atoms with E-state index in [4.69, 9.17) is 14.2 Å². The van der Waals surface area contributed by atoms with Crippen LogP contribution in [0.4, 0.5) is 0 Å². The predicted molar refractivity (Wildman–Crippen MR) is 44.2 cm³/mol. The van der Waals surface area contributed by atoms with E-state index in [1.54, 1.807) is 6.92 Å². The Bertz CT molecular complexity index is 163. The lowest BCUT2D eigenvalue weighted by Gasteiger charge is -2.40. The number of hydrogen-bond acceptors (Lipinski definition) is 5. The van der Waals surface area contributed by atoms with Gasteiger partial charge in [-0.15, -0.1) is 0 Å². The van der Waals surface area contributed by atoms with Crippen LogP contribution in [0.1, 0.15) is 6.92 Å². The van der Waals surface area contributed by atoms with E-state index in [1.165, 1.54) is 14.2 Å². The SMILES string of the molecule is COC1C(O)OC(C)C(O)C1OC. The molecule has 0 aromatic rings. The van der Waals surface area contributed by atoms with Gasteiger partial charge in [-0.05, 0) is 6.92 Å². The molecule has 2 N–H and O–H groups in total. The van der Waals surface area contributed by atoms with Gasteiger partial charge in [0.2, 0.25) is 0 Å². The van der Waals surface area contributed by atoms with Gasteiger partial charge in [0.05, 0.1) is 6.10 Å². The average molecular weight is 192 g/mol. The van der Waals surface area contributed by atoms with E-state index in [-0.39, 0.29) is 0 Å². The van der Waals surface area contributed by atoms with Crippen molar-refractivity contribution in [1.82, 2.24) is 0 Å². The normalized spacial score (nSPS) is 46.4. The minimum Gasteiger partial charge on any atom is -0.388 e. The monoisotopic (exact) mass is 192 g/mol. The topological polar surface area (TPSA) is 68.2 Å². The Balaban J connectivity index is 2.71. The second-order valence-corrected chi connectivity index (χ2v) is 3.12. The fraction of sp³-hybridized carbons (Fsp3) is 1.00. The van der Waals surface area contributed by atoms with Crippen LogP contribution in [0.15, 0.2) is 0 Å². The van der Waals surface area contributed by atoms with E-state index >= 15 is 0 Å². The van der Waals surface area contributed by atoms with E-state index in [1.807, 2.05) is 0 Å². The number of aliphatic hydroxyl groups excluding tert-OH is 2. The molecule has 5 atom stereocenters. The van der Waals surface area contributed by atoms with Crippen molar-refractivity contribution in [3.05, 3.63) is 0 Å². The first-order valence-corrected chi connectivity index (χ1v) is 4.19. The molecule has 1 fully saturated rings. The van der Waals surface area contributed by atoms with Crippen LogP contribution in [-0.4, -0.2) is 55.1 Å². The maximum Gasteiger partial charge on any atom is 0.184 e. The highest BCUT2D eigenvalue weighted by Gasteiger charge is 2.43. The number of aliphatic hydroxyl groups is 2. The molecular weight excluding hydrogens is 176 g/mol. The van der Waals surface area contributed by atoms with Crippen molar-refractivity contribution in [3.8, 4) is 0 Å². The van der Waals surface area contributed by atoms with E-state index < -0.39 is 30.7 Å². The van der Waals surface area contributed by atoms with Crippen LogP contribution in [0.3, 0.4) is 0 Å². The van der Waals surface area contributed by atoms with Crippen LogP contribution in [0, 0.1) is 0 Å². The molecule has 5 unspecified atom stereocenters. The molecule has 0 bridgehead atoms. The van der Waals surface area contributed by atoms with Crippen molar-refractivity contribution in [2.45, 2.75) is 37.6 Å². The highest BCUT2D eigenvalue weighted by Crippen LogP contribution is 2.23. The summed E-state index contributed by atoms with van der Waals surface area (Å²) in [6.45, 7) is 1.67. The van der Waals surface area contributed by atoms with Crippen molar-refractivity contribution >= 4 is 0 Å². The summed E-state index contributed by atoms with van der Waals surface area (Å²) >= 11 is 0. The van der Waals surface area contributed by atoms with Crippen molar-refractivity contribution in [2.24, 2.45) is 0 Å². The van der Waals surface area contributed by atoms with Gasteiger partial charge in [0.25, 0.3) is 0 Å². The van der Waals surface area contributed by atoms with Crippen LogP contribution in [0.2, 0.25) is 0 Å². The third-order valence-corrected chi connectivity index (χ3v) is 2.32. The summed E-state index contributed by atoms with van der Waals surface area (Å²) in [6.07, 6.45) is -3.47. The van der Waals surface area contributed by atoms with Crippen molar-refractivity contribution in [1.29, 1.82) is 0 Å².